The normalized spacial score (nSPS) is 21.1. The third kappa shape index (κ3) is 20.1. The highest BCUT2D eigenvalue weighted by molar-refractivity contribution is 5.77. The van der Waals surface area contributed by atoms with Crippen molar-refractivity contribution < 1.29 is 19.2 Å². The second-order valence-corrected chi connectivity index (χ2v) is 7.40. The number of carbonyl (C=O) groups is 4. The van der Waals surface area contributed by atoms with Crippen molar-refractivity contribution in [2.75, 3.05) is 78.5 Å². The highest BCUT2D eigenvalue weighted by Gasteiger charge is 2.04. The Hall–Kier alpha value is -2.28. The predicted molar refractivity (Wildman–Crippen MR) is 129 cm³/mol. The van der Waals surface area contributed by atoms with E-state index >= 15 is 0 Å². The summed E-state index contributed by atoms with van der Waals surface area (Å²) in [7, 11) is 0. The molecule has 2 heterocycles. The molecule has 8 N–H and O–H groups in total. The van der Waals surface area contributed by atoms with Gasteiger partial charge in [-0.05, 0) is 0 Å². The first-order valence-electron chi connectivity index (χ1n) is 11.5. The lowest BCUT2D eigenvalue weighted by molar-refractivity contribution is -0.122. The van der Waals surface area contributed by atoms with Crippen LogP contribution in [0.3, 0.4) is 0 Å². The molecule has 0 unspecified atom stereocenters. The van der Waals surface area contributed by atoms with Crippen LogP contribution >= 0.6 is 0 Å². The van der Waals surface area contributed by atoms with Crippen molar-refractivity contribution in [3.63, 3.8) is 0 Å². The first-order valence-corrected chi connectivity index (χ1v) is 11.5. The molecule has 2 saturated heterocycles. The average molecular weight is 473 g/mol. The van der Waals surface area contributed by atoms with Gasteiger partial charge in [-0.25, -0.2) is 0 Å². The van der Waals surface area contributed by atoms with Gasteiger partial charge in [0.05, 0.1) is 0 Å². The third-order valence-electron chi connectivity index (χ3n) is 4.61. The van der Waals surface area contributed by atoms with Gasteiger partial charge < -0.3 is 42.5 Å². The molecular formula is C21H44N8O4. The molecule has 12 heteroatoms. The second-order valence-electron chi connectivity index (χ2n) is 7.40. The molecule has 2 fully saturated rings. The van der Waals surface area contributed by atoms with E-state index in [0.29, 0.717) is 91.1 Å². The van der Waals surface area contributed by atoms with Crippen LogP contribution < -0.4 is 42.5 Å². The van der Waals surface area contributed by atoms with E-state index in [1.54, 1.807) is 0 Å². The molecule has 12 nitrogen and oxygen atoms in total. The predicted octanol–water partition coefficient (Wildman–Crippen LogP) is -2.98. The zero-order valence-corrected chi connectivity index (χ0v) is 18.9. The van der Waals surface area contributed by atoms with E-state index in [2.05, 4.69) is 42.5 Å². The first kappa shape index (κ1) is 30.7. The summed E-state index contributed by atoms with van der Waals surface area (Å²) < 4.78 is 0. The Morgan fingerprint density at radius 1 is 0.333 bits per heavy atom. The molecule has 4 amide bonds. The van der Waals surface area contributed by atoms with Crippen LogP contribution in [0.5, 0.6) is 0 Å². The summed E-state index contributed by atoms with van der Waals surface area (Å²) in [5, 5.41) is 23.6. The summed E-state index contributed by atoms with van der Waals surface area (Å²) in [5.74, 6) is 0.171. The minimum Gasteiger partial charge on any atom is -0.355 e. The zero-order chi connectivity index (χ0) is 23.3. The topological polar surface area (TPSA) is 165 Å². The van der Waals surface area contributed by atoms with E-state index in [1.165, 1.54) is 0 Å². The Balaban J connectivity index is 0.000000602. The molecule has 2 rings (SSSR count). The van der Waals surface area contributed by atoms with Crippen molar-refractivity contribution in [3.8, 4) is 0 Å². The maximum atomic E-state index is 11.3. The highest BCUT2D eigenvalue weighted by atomic mass is 16.2. The largest absolute Gasteiger partial charge is 0.355 e. The summed E-state index contributed by atoms with van der Waals surface area (Å²) in [6.07, 6.45) is 1.92. The molecule has 0 radical (unpaired) electrons. The first-order chi connectivity index (χ1) is 15.6. The van der Waals surface area contributed by atoms with Crippen molar-refractivity contribution in [1.29, 1.82) is 0 Å². The fraction of sp³-hybridized carbons (Fsp3) is 0.810. The number of hydrogen-bond donors (Lipinski definition) is 8. The zero-order valence-electron chi connectivity index (χ0n) is 18.9. The van der Waals surface area contributed by atoms with E-state index < -0.39 is 0 Å². The summed E-state index contributed by atoms with van der Waals surface area (Å²) in [4.78, 5) is 45.0. The van der Waals surface area contributed by atoms with Gasteiger partial charge in [0.1, 0.15) is 0 Å². The molecule has 0 aliphatic carbocycles. The molecule has 2 aliphatic heterocycles. The van der Waals surface area contributed by atoms with Gasteiger partial charge in [0.25, 0.3) is 0 Å². The Labute approximate surface area is 197 Å². The van der Waals surface area contributed by atoms with E-state index in [9.17, 15) is 19.2 Å². The van der Waals surface area contributed by atoms with Crippen LogP contribution in [0.4, 0.5) is 0 Å². The standard InChI is InChI=1S/2C10H20N4O2.CH4/c15-9-1-3-11-5-8-14-10(16)2-4-12-6-7-13-9;15-9-1-3-11-5-6-12-4-2-10(16)14-8-7-13-9;/h2*11-12H,1-8H2,(H,13,15)(H,14,16);1H4. The number of carbonyl (C=O) groups excluding carboxylic acids is 4. The van der Waals surface area contributed by atoms with Gasteiger partial charge in [-0.2, -0.15) is 0 Å². The third-order valence-corrected chi connectivity index (χ3v) is 4.61. The molecule has 2 aliphatic rings. The van der Waals surface area contributed by atoms with Gasteiger partial charge in [-0.1, -0.05) is 7.43 Å². The summed E-state index contributed by atoms with van der Waals surface area (Å²) >= 11 is 0. The number of nitrogens with one attached hydrogen (secondary N) is 8. The van der Waals surface area contributed by atoms with Crippen LogP contribution in [-0.2, 0) is 19.2 Å². The van der Waals surface area contributed by atoms with Crippen molar-refractivity contribution >= 4 is 23.6 Å². The maximum Gasteiger partial charge on any atom is 0.221 e. The molecule has 0 aromatic carbocycles. The maximum absolute atomic E-state index is 11.3. The quantitative estimate of drug-likeness (QED) is 0.185. The number of hydrogen-bond acceptors (Lipinski definition) is 8. The Kier molecular flexibility index (Phi) is 20.1. The molecule has 0 aromatic rings. The van der Waals surface area contributed by atoms with Crippen LogP contribution in [0.15, 0.2) is 0 Å². The molecule has 0 spiro atoms. The van der Waals surface area contributed by atoms with Crippen LogP contribution in [0, 0.1) is 0 Å². The van der Waals surface area contributed by atoms with Gasteiger partial charge >= 0.3 is 0 Å². The van der Waals surface area contributed by atoms with E-state index in [4.69, 9.17) is 0 Å². The molecule has 192 valence electrons. The average Bonchev–Trinajstić information content (AvgIpc) is 2.77. The van der Waals surface area contributed by atoms with Crippen molar-refractivity contribution in [3.05, 3.63) is 0 Å². The smallest absolute Gasteiger partial charge is 0.221 e. The molecular weight excluding hydrogens is 428 g/mol. The van der Waals surface area contributed by atoms with Crippen LogP contribution in [0.1, 0.15) is 33.1 Å². The number of rotatable bonds is 0. The minimum atomic E-state index is 0. The Morgan fingerprint density at radius 2 is 0.545 bits per heavy atom. The van der Waals surface area contributed by atoms with Gasteiger partial charge in [-0.15, -0.1) is 0 Å². The highest BCUT2D eigenvalue weighted by Crippen LogP contribution is 1.81. The van der Waals surface area contributed by atoms with Crippen molar-refractivity contribution in [2.24, 2.45) is 0 Å². The summed E-state index contributed by atoms with van der Waals surface area (Å²) in [6, 6.07) is 0. The van der Waals surface area contributed by atoms with Crippen LogP contribution in [0.25, 0.3) is 0 Å². The lowest BCUT2D eigenvalue weighted by atomic mass is 10.3. The summed E-state index contributed by atoms with van der Waals surface area (Å²) in [5.41, 5.74) is 0. The monoisotopic (exact) mass is 472 g/mol. The molecule has 0 aromatic heterocycles. The van der Waals surface area contributed by atoms with Gasteiger partial charge in [-0.3, -0.25) is 19.2 Å². The van der Waals surface area contributed by atoms with Gasteiger partial charge in [0, 0.05) is 104 Å². The molecule has 0 atom stereocenters. The fourth-order valence-electron chi connectivity index (χ4n) is 2.82. The van der Waals surface area contributed by atoms with Crippen molar-refractivity contribution in [1.82, 2.24) is 42.5 Å². The van der Waals surface area contributed by atoms with E-state index in [-0.39, 0.29) is 31.1 Å². The van der Waals surface area contributed by atoms with Crippen molar-refractivity contribution in [2.45, 2.75) is 33.1 Å². The van der Waals surface area contributed by atoms with Gasteiger partial charge in [0.15, 0.2) is 0 Å². The van der Waals surface area contributed by atoms with Crippen LogP contribution in [0.2, 0.25) is 0 Å². The van der Waals surface area contributed by atoms with Crippen LogP contribution in [-0.4, -0.2) is 102 Å². The lowest BCUT2D eigenvalue weighted by Gasteiger charge is -2.10. The molecule has 0 saturated carbocycles. The molecule has 33 heavy (non-hydrogen) atoms. The lowest BCUT2D eigenvalue weighted by Crippen LogP contribution is -2.38. The minimum absolute atomic E-state index is 0. The Bertz CT molecular complexity index is 494. The summed E-state index contributed by atoms with van der Waals surface area (Å²) in [6.45, 7) is 7.93. The van der Waals surface area contributed by atoms with E-state index in [0.717, 1.165) is 13.1 Å². The van der Waals surface area contributed by atoms with Gasteiger partial charge in [0.2, 0.25) is 23.6 Å². The molecule has 0 bridgehead atoms. The van der Waals surface area contributed by atoms with E-state index in [1.807, 2.05) is 0 Å². The Morgan fingerprint density at radius 3 is 0.818 bits per heavy atom. The SMILES string of the molecule is C.O=C1CCNCCNC(=O)CCNCCN1.O=C1CCNCCNCCC(=O)NCCN1. The number of amides is 4. The second kappa shape index (κ2) is 21.6. The fourth-order valence-corrected chi connectivity index (χ4v) is 2.82.